The zero-order chi connectivity index (χ0) is 30.1. The van der Waals surface area contributed by atoms with Crippen molar-refractivity contribution in [3.05, 3.63) is 101 Å². The molecule has 4 N–H and O–H groups in total. The number of aliphatic carboxylic acids is 1. The van der Waals surface area contributed by atoms with Crippen LogP contribution in [0.2, 0.25) is 0 Å². The van der Waals surface area contributed by atoms with Crippen molar-refractivity contribution in [2.24, 2.45) is 0 Å². The van der Waals surface area contributed by atoms with Crippen LogP contribution < -0.4 is 5.32 Å². The van der Waals surface area contributed by atoms with Gasteiger partial charge in [-0.15, -0.1) is 0 Å². The number of ether oxygens (including phenoxy) is 2. The van der Waals surface area contributed by atoms with E-state index in [1.165, 1.54) is 0 Å². The Morgan fingerprint density at radius 3 is 2.40 bits per heavy atom. The van der Waals surface area contributed by atoms with Gasteiger partial charge in [0.25, 0.3) is 0 Å². The van der Waals surface area contributed by atoms with Gasteiger partial charge in [0.1, 0.15) is 0 Å². The van der Waals surface area contributed by atoms with E-state index in [1.54, 1.807) is 12.1 Å². The third-order valence-corrected chi connectivity index (χ3v) is 7.64. The van der Waals surface area contributed by atoms with Gasteiger partial charge in [-0.05, 0) is 49.2 Å². The van der Waals surface area contributed by atoms with Crippen LogP contribution in [-0.2, 0) is 25.7 Å². The third-order valence-electron chi connectivity index (χ3n) is 7.64. The first kappa shape index (κ1) is 31.3. The van der Waals surface area contributed by atoms with Crippen LogP contribution in [0.4, 0.5) is 5.69 Å². The number of rotatable bonds is 13. The van der Waals surface area contributed by atoms with E-state index in [9.17, 15) is 19.8 Å². The van der Waals surface area contributed by atoms with Crippen LogP contribution in [0.25, 0.3) is 0 Å². The molecule has 0 aliphatic carbocycles. The van der Waals surface area contributed by atoms with Crippen LogP contribution in [0.5, 0.6) is 0 Å². The van der Waals surface area contributed by atoms with Gasteiger partial charge in [-0.25, -0.2) is 0 Å². The topological polar surface area (TPSA) is 129 Å². The summed E-state index contributed by atoms with van der Waals surface area (Å²) in [5, 5.41) is 32.1. The van der Waals surface area contributed by atoms with Gasteiger partial charge in [-0.1, -0.05) is 66.7 Å². The van der Waals surface area contributed by atoms with Crippen LogP contribution in [-0.4, -0.2) is 57.8 Å². The molecule has 1 fully saturated rings. The molecule has 1 aliphatic heterocycles. The van der Waals surface area contributed by atoms with Crippen molar-refractivity contribution in [2.45, 2.75) is 69.9 Å². The van der Waals surface area contributed by atoms with Crippen LogP contribution in [0.15, 0.2) is 78.9 Å². The minimum atomic E-state index is -0.930. The van der Waals surface area contributed by atoms with Gasteiger partial charge in [0.15, 0.2) is 6.29 Å². The smallest absolute Gasteiger partial charge is 0.303 e. The number of likely N-dealkylation sites (N-methyl/N-ethyl adjacent to an activating group) is 1. The molecule has 42 heavy (non-hydrogen) atoms. The molecule has 0 bridgehead atoms. The van der Waals surface area contributed by atoms with Crippen LogP contribution >= 0.6 is 0 Å². The summed E-state index contributed by atoms with van der Waals surface area (Å²) in [5.41, 5.74) is 3.94. The lowest BCUT2D eigenvalue weighted by molar-refractivity contribution is -0.253. The van der Waals surface area contributed by atoms with Crippen LogP contribution in [0.3, 0.4) is 0 Å². The zero-order valence-corrected chi connectivity index (χ0v) is 24.1. The summed E-state index contributed by atoms with van der Waals surface area (Å²) in [6, 6.07) is 24.3. The van der Waals surface area contributed by atoms with Gasteiger partial charge >= 0.3 is 5.97 Å². The highest BCUT2D eigenvalue weighted by Gasteiger charge is 2.34. The minimum Gasteiger partial charge on any atom is -0.481 e. The number of hydrogen-bond acceptors (Lipinski definition) is 7. The van der Waals surface area contributed by atoms with E-state index in [2.05, 4.69) is 10.2 Å². The van der Waals surface area contributed by atoms with Gasteiger partial charge in [-0.3, -0.25) is 14.5 Å². The van der Waals surface area contributed by atoms with Crippen molar-refractivity contribution in [3.63, 3.8) is 0 Å². The molecular weight excluding hydrogens is 536 g/mol. The number of carboxylic acid groups (broad SMARTS) is 1. The highest BCUT2D eigenvalue weighted by molar-refractivity contribution is 5.90. The summed E-state index contributed by atoms with van der Waals surface area (Å²) in [6.45, 7) is 2.50. The average Bonchev–Trinajstić information content (AvgIpc) is 3.00. The van der Waals surface area contributed by atoms with Gasteiger partial charge in [-0.2, -0.15) is 0 Å². The Bertz CT molecular complexity index is 1300. The van der Waals surface area contributed by atoms with Crippen LogP contribution in [0, 0.1) is 0 Å². The molecule has 3 aromatic rings. The number of anilines is 1. The number of aliphatic hydroxyl groups excluding tert-OH is 2. The zero-order valence-electron chi connectivity index (χ0n) is 24.1. The van der Waals surface area contributed by atoms with Crippen molar-refractivity contribution in [1.82, 2.24) is 4.90 Å². The number of hydrogen-bond donors (Lipinski definition) is 4. The number of carbonyl (C=O) groups excluding carboxylic acids is 1. The van der Waals surface area contributed by atoms with Gasteiger partial charge < -0.3 is 30.1 Å². The van der Waals surface area contributed by atoms with E-state index in [-0.39, 0.29) is 50.0 Å². The summed E-state index contributed by atoms with van der Waals surface area (Å²) in [7, 11) is 1.97. The maximum atomic E-state index is 12.4. The van der Waals surface area contributed by atoms with E-state index in [4.69, 9.17) is 14.6 Å². The molecule has 1 heterocycles. The fourth-order valence-corrected chi connectivity index (χ4v) is 5.08. The molecule has 224 valence electrons. The lowest BCUT2D eigenvalue weighted by Crippen LogP contribution is -2.43. The van der Waals surface area contributed by atoms with Crippen molar-refractivity contribution in [1.29, 1.82) is 0 Å². The molecule has 0 unspecified atom stereocenters. The Kier molecular flexibility index (Phi) is 11.2. The molecule has 0 spiro atoms. The van der Waals surface area contributed by atoms with E-state index in [0.717, 1.165) is 22.3 Å². The quantitative estimate of drug-likeness (QED) is 0.225. The van der Waals surface area contributed by atoms with Gasteiger partial charge in [0, 0.05) is 43.1 Å². The molecule has 1 aliphatic rings. The largest absolute Gasteiger partial charge is 0.481 e. The predicted octanol–water partition coefficient (Wildman–Crippen LogP) is 4.97. The minimum absolute atomic E-state index is 0.0403. The summed E-state index contributed by atoms with van der Waals surface area (Å²) in [4.78, 5) is 25.2. The molecule has 0 radical (unpaired) electrons. The Labute approximate surface area is 246 Å². The molecule has 5 atom stereocenters. The Morgan fingerprint density at radius 1 is 0.976 bits per heavy atom. The molecule has 9 heteroatoms. The Morgan fingerprint density at radius 2 is 1.71 bits per heavy atom. The highest BCUT2D eigenvalue weighted by atomic mass is 16.7. The molecular formula is C33H40N2O7. The number of amides is 1. The monoisotopic (exact) mass is 576 g/mol. The molecule has 0 aromatic heterocycles. The molecule has 3 aromatic carbocycles. The second kappa shape index (κ2) is 15.0. The maximum absolute atomic E-state index is 12.4. The summed E-state index contributed by atoms with van der Waals surface area (Å²) in [5.74, 6) is -1.19. The fraction of sp³-hybridized carbons (Fsp3) is 0.394. The van der Waals surface area contributed by atoms with Crippen LogP contribution in [0.1, 0.15) is 73.4 Å². The first-order chi connectivity index (χ1) is 20.2. The van der Waals surface area contributed by atoms with Crippen molar-refractivity contribution >= 4 is 17.6 Å². The summed E-state index contributed by atoms with van der Waals surface area (Å²) >= 11 is 0. The molecule has 4 rings (SSSR count). The number of carbonyl (C=O) groups is 2. The standard InChI is InChI=1S/C33H40N2O7/c1-22(32(40)25-8-4-3-5-9-25)35(2)20-28-19-29(24-16-14-23(21-36)15-17-24)42-33(41-28)26-10-6-11-27(18-26)34-30(37)12-7-13-31(38)39/h3-6,8-11,14-18,22,28-29,32-33,36,40H,7,12-13,19-21H2,1-2H3,(H,34,37)(H,38,39)/t22-,28+,29-,32-,33-/m0/s1. The average molecular weight is 577 g/mol. The molecule has 9 nitrogen and oxygen atoms in total. The second-order valence-electron chi connectivity index (χ2n) is 10.8. The first-order valence-corrected chi connectivity index (χ1v) is 14.3. The maximum Gasteiger partial charge on any atom is 0.303 e. The predicted molar refractivity (Wildman–Crippen MR) is 158 cm³/mol. The third kappa shape index (κ3) is 8.70. The number of carboxylic acids is 1. The first-order valence-electron chi connectivity index (χ1n) is 14.3. The number of benzene rings is 3. The van der Waals surface area contributed by atoms with Gasteiger partial charge in [0.05, 0.1) is 24.9 Å². The van der Waals surface area contributed by atoms with Gasteiger partial charge in [0.2, 0.25) is 5.91 Å². The molecule has 1 saturated heterocycles. The van der Waals surface area contributed by atoms with E-state index < -0.39 is 18.4 Å². The summed E-state index contributed by atoms with van der Waals surface area (Å²) < 4.78 is 12.9. The lowest BCUT2D eigenvalue weighted by Gasteiger charge is -2.39. The highest BCUT2D eigenvalue weighted by Crippen LogP contribution is 2.39. The summed E-state index contributed by atoms with van der Waals surface area (Å²) in [6.07, 6.45) is -0.974. The van der Waals surface area contributed by atoms with Crippen molar-refractivity contribution in [2.75, 3.05) is 18.9 Å². The fourth-order valence-electron chi connectivity index (χ4n) is 5.08. The Hall–Kier alpha value is -3.60. The number of aliphatic hydroxyl groups is 2. The molecule has 1 amide bonds. The van der Waals surface area contributed by atoms with Crippen molar-refractivity contribution in [3.8, 4) is 0 Å². The SMILES string of the molecule is C[C@@H]([C@H](O)c1ccccc1)N(C)C[C@H]1C[C@@H](c2ccc(CO)cc2)O[C@@H](c2cccc(NC(=O)CCCC(=O)O)c2)O1. The number of nitrogens with one attached hydrogen (secondary N) is 1. The van der Waals surface area contributed by atoms with E-state index >= 15 is 0 Å². The van der Waals surface area contributed by atoms with E-state index in [0.29, 0.717) is 18.7 Å². The Balaban J connectivity index is 1.50. The number of nitrogens with zero attached hydrogens (tertiary/aromatic N) is 1. The lowest BCUT2D eigenvalue weighted by atomic mass is 9.98. The van der Waals surface area contributed by atoms with E-state index in [1.807, 2.05) is 80.7 Å². The normalized spacial score (nSPS) is 20.2. The second-order valence-corrected chi connectivity index (χ2v) is 10.8. The van der Waals surface area contributed by atoms with Crippen molar-refractivity contribution < 1.29 is 34.4 Å². The molecule has 0 saturated carbocycles.